The minimum absolute atomic E-state index is 0.0151. The number of carboxylic acid groups (broad SMARTS) is 1. The van der Waals surface area contributed by atoms with E-state index in [9.17, 15) is 9.59 Å². The Morgan fingerprint density at radius 3 is 2.43 bits per heavy atom. The van der Waals surface area contributed by atoms with Crippen molar-refractivity contribution < 1.29 is 14.7 Å². The number of hydrogen-bond acceptors (Lipinski definition) is 2. The van der Waals surface area contributed by atoms with Crippen LogP contribution in [0.1, 0.15) is 53.4 Å². The zero-order valence-corrected chi connectivity index (χ0v) is 13.8. The van der Waals surface area contributed by atoms with E-state index in [1.54, 1.807) is 0 Å². The zero-order chi connectivity index (χ0) is 16.0. The van der Waals surface area contributed by atoms with Crippen LogP contribution in [-0.4, -0.2) is 41.6 Å². The Balaban J connectivity index is 2.30. The van der Waals surface area contributed by atoms with Gasteiger partial charge in [0.1, 0.15) is 0 Å². The van der Waals surface area contributed by atoms with Crippen molar-refractivity contribution in [3.8, 4) is 0 Å². The lowest BCUT2D eigenvalue weighted by molar-refractivity contribution is -0.137. The number of aliphatic carboxylic acids is 1. The van der Waals surface area contributed by atoms with Gasteiger partial charge in [-0.2, -0.15) is 0 Å². The molecule has 1 fully saturated rings. The molecule has 122 valence electrons. The van der Waals surface area contributed by atoms with Crippen molar-refractivity contribution in [1.82, 2.24) is 10.2 Å². The van der Waals surface area contributed by atoms with Crippen LogP contribution in [0.4, 0.5) is 4.79 Å². The van der Waals surface area contributed by atoms with Crippen LogP contribution in [0.3, 0.4) is 0 Å². The standard InChI is InChI=1S/C16H30N2O3/c1-12(2)13(5-6-14(19)20)7-9-17-15(21)18-10-8-16(3,4)11-18/h12-13H,5-11H2,1-4H3,(H,17,21)(H,19,20). The lowest BCUT2D eigenvalue weighted by Crippen LogP contribution is -2.40. The molecule has 2 amide bonds. The van der Waals surface area contributed by atoms with Crippen molar-refractivity contribution in [3.63, 3.8) is 0 Å². The van der Waals surface area contributed by atoms with Crippen LogP contribution in [0.5, 0.6) is 0 Å². The van der Waals surface area contributed by atoms with Crippen LogP contribution in [-0.2, 0) is 4.79 Å². The van der Waals surface area contributed by atoms with Crippen molar-refractivity contribution in [2.24, 2.45) is 17.3 Å². The van der Waals surface area contributed by atoms with Crippen molar-refractivity contribution in [2.75, 3.05) is 19.6 Å². The zero-order valence-electron chi connectivity index (χ0n) is 13.8. The first kappa shape index (κ1) is 17.8. The number of urea groups is 1. The van der Waals surface area contributed by atoms with E-state index >= 15 is 0 Å². The number of nitrogens with one attached hydrogen (secondary N) is 1. The van der Waals surface area contributed by atoms with Crippen molar-refractivity contribution in [1.29, 1.82) is 0 Å². The van der Waals surface area contributed by atoms with Gasteiger partial charge in [-0.25, -0.2) is 4.79 Å². The number of carbonyl (C=O) groups is 2. The average Bonchev–Trinajstić information content (AvgIpc) is 2.73. The van der Waals surface area contributed by atoms with Gasteiger partial charge in [0.05, 0.1) is 0 Å². The molecule has 5 nitrogen and oxygen atoms in total. The van der Waals surface area contributed by atoms with Gasteiger partial charge in [-0.1, -0.05) is 27.7 Å². The fraction of sp³-hybridized carbons (Fsp3) is 0.875. The summed E-state index contributed by atoms with van der Waals surface area (Å²) < 4.78 is 0. The predicted octanol–water partition coefficient (Wildman–Crippen LogP) is 2.96. The summed E-state index contributed by atoms with van der Waals surface area (Å²) >= 11 is 0. The van der Waals surface area contributed by atoms with Crippen LogP contribution in [0.25, 0.3) is 0 Å². The largest absolute Gasteiger partial charge is 0.481 e. The fourth-order valence-electron chi connectivity index (χ4n) is 2.88. The number of carbonyl (C=O) groups excluding carboxylic acids is 1. The molecule has 0 aliphatic carbocycles. The molecule has 1 atom stereocenters. The summed E-state index contributed by atoms with van der Waals surface area (Å²) in [6.45, 7) is 10.8. The smallest absolute Gasteiger partial charge is 0.317 e. The molecule has 0 aromatic carbocycles. The molecule has 1 saturated heterocycles. The van der Waals surface area contributed by atoms with Crippen molar-refractivity contribution >= 4 is 12.0 Å². The maximum Gasteiger partial charge on any atom is 0.317 e. The van der Waals surface area contributed by atoms with E-state index in [0.717, 1.165) is 25.9 Å². The number of amides is 2. The fourth-order valence-corrected chi connectivity index (χ4v) is 2.88. The Morgan fingerprint density at radius 1 is 1.29 bits per heavy atom. The molecule has 5 heteroatoms. The Morgan fingerprint density at radius 2 is 1.95 bits per heavy atom. The highest BCUT2D eigenvalue weighted by Gasteiger charge is 2.31. The lowest BCUT2D eigenvalue weighted by atomic mass is 9.88. The summed E-state index contributed by atoms with van der Waals surface area (Å²) in [5.74, 6) is 0.0346. The first-order valence-corrected chi connectivity index (χ1v) is 7.96. The highest BCUT2D eigenvalue weighted by molar-refractivity contribution is 5.74. The molecule has 21 heavy (non-hydrogen) atoms. The third-order valence-corrected chi connectivity index (χ3v) is 4.43. The van der Waals surface area contributed by atoms with Gasteiger partial charge in [-0.05, 0) is 36.5 Å². The highest BCUT2D eigenvalue weighted by atomic mass is 16.4. The summed E-state index contributed by atoms with van der Waals surface area (Å²) in [5, 5.41) is 11.7. The quantitative estimate of drug-likeness (QED) is 0.759. The number of rotatable bonds is 7. The molecule has 2 N–H and O–H groups in total. The summed E-state index contributed by atoms with van der Waals surface area (Å²) in [4.78, 5) is 24.6. The predicted molar refractivity (Wildman–Crippen MR) is 83.2 cm³/mol. The summed E-state index contributed by atoms with van der Waals surface area (Å²) in [6.07, 6.45) is 2.78. The van der Waals surface area contributed by atoms with Gasteiger partial charge in [0.2, 0.25) is 0 Å². The first-order valence-electron chi connectivity index (χ1n) is 7.96. The second-order valence-electron chi connectivity index (χ2n) is 7.29. The van der Waals surface area contributed by atoms with Crippen LogP contribution >= 0.6 is 0 Å². The van der Waals surface area contributed by atoms with E-state index in [2.05, 4.69) is 33.0 Å². The minimum Gasteiger partial charge on any atom is -0.481 e. The van der Waals surface area contributed by atoms with Gasteiger partial charge < -0.3 is 15.3 Å². The van der Waals surface area contributed by atoms with Crippen molar-refractivity contribution in [3.05, 3.63) is 0 Å². The molecule has 0 bridgehead atoms. The molecule has 0 aromatic heterocycles. The Hall–Kier alpha value is -1.26. The molecule has 1 aliphatic rings. The molecule has 1 aliphatic heterocycles. The van der Waals surface area contributed by atoms with E-state index in [4.69, 9.17) is 5.11 Å². The maximum absolute atomic E-state index is 12.1. The summed E-state index contributed by atoms with van der Waals surface area (Å²) in [5.41, 5.74) is 0.222. The van der Waals surface area contributed by atoms with Gasteiger partial charge in [-0.3, -0.25) is 4.79 Å². The monoisotopic (exact) mass is 298 g/mol. The normalized spacial score (nSPS) is 18.8. The maximum atomic E-state index is 12.1. The molecular formula is C16H30N2O3. The molecule has 0 radical (unpaired) electrons. The van der Waals surface area contributed by atoms with Crippen molar-refractivity contribution in [2.45, 2.75) is 53.4 Å². The van der Waals surface area contributed by atoms with E-state index in [1.807, 2.05) is 4.90 Å². The molecule has 1 unspecified atom stereocenters. The highest BCUT2D eigenvalue weighted by Crippen LogP contribution is 2.28. The van der Waals surface area contributed by atoms with Gasteiger partial charge in [0.25, 0.3) is 0 Å². The Bertz CT molecular complexity index is 367. The molecule has 0 saturated carbocycles. The second kappa shape index (κ2) is 7.66. The second-order valence-corrected chi connectivity index (χ2v) is 7.29. The number of nitrogens with zero attached hydrogens (tertiary/aromatic N) is 1. The minimum atomic E-state index is -0.746. The number of likely N-dealkylation sites (tertiary alicyclic amines) is 1. The van der Waals surface area contributed by atoms with E-state index in [1.165, 1.54) is 0 Å². The average molecular weight is 298 g/mol. The summed E-state index contributed by atoms with van der Waals surface area (Å²) in [7, 11) is 0. The van der Waals surface area contributed by atoms with Crippen LogP contribution < -0.4 is 5.32 Å². The van der Waals surface area contributed by atoms with Crippen LogP contribution in [0, 0.1) is 17.3 Å². The molecule has 1 rings (SSSR count). The van der Waals surface area contributed by atoms with E-state index in [-0.39, 0.29) is 17.9 Å². The Labute approximate surface area is 128 Å². The Kier molecular flexibility index (Phi) is 6.49. The van der Waals surface area contributed by atoms with Gasteiger partial charge in [0, 0.05) is 26.1 Å². The third-order valence-electron chi connectivity index (χ3n) is 4.43. The SMILES string of the molecule is CC(C)C(CCNC(=O)N1CCC(C)(C)C1)CCC(=O)O. The van der Waals surface area contributed by atoms with E-state index < -0.39 is 5.97 Å². The number of hydrogen-bond donors (Lipinski definition) is 2. The van der Waals surface area contributed by atoms with E-state index in [0.29, 0.717) is 24.8 Å². The summed E-state index contributed by atoms with van der Waals surface area (Å²) in [6, 6.07) is 0.0151. The molecule has 1 heterocycles. The van der Waals surface area contributed by atoms with Gasteiger partial charge in [0.15, 0.2) is 0 Å². The molecule has 0 aromatic rings. The number of carboxylic acids is 1. The van der Waals surface area contributed by atoms with Gasteiger partial charge >= 0.3 is 12.0 Å². The molecule has 0 spiro atoms. The molecular weight excluding hydrogens is 268 g/mol. The van der Waals surface area contributed by atoms with Crippen LogP contribution in [0.2, 0.25) is 0 Å². The van der Waals surface area contributed by atoms with Crippen LogP contribution in [0.15, 0.2) is 0 Å². The van der Waals surface area contributed by atoms with Gasteiger partial charge in [-0.15, -0.1) is 0 Å². The first-order chi connectivity index (χ1) is 9.71. The third kappa shape index (κ3) is 6.36. The lowest BCUT2D eigenvalue weighted by Gasteiger charge is -2.23. The topological polar surface area (TPSA) is 69.6 Å².